The lowest BCUT2D eigenvalue weighted by Crippen LogP contribution is -2.42. The highest BCUT2D eigenvalue weighted by Gasteiger charge is 2.33. The van der Waals surface area contributed by atoms with Crippen LogP contribution in [0.4, 0.5) is 16.2 Å². The summed E-state index contributed by atoms with van der Waals surface area (Å²) in [6.07, 6.45) is -0.515. The summed E-state index contributed by atoms with van der Waals surface area (Å²) in [5.41, 5.74) is 1.49. The second-order valence-electron chi connectivity index (χ2n) is 7.24. The minimum absolute atomic E-state index is 0.0330. The number of carbonyl (C=O) groups excluding carboxylic acids is 1. The van der Waals surface area contributed by atoms with E-state index >= 15 is 0 Å². The highest BCUT2D eigenvalue weighted by atomic mass is 16.6. The van der Waals surface area contributed by atoms with Gasteiger partial charge >= 0.3 is 6.09 Å². The molecule has 2 fully saturated rings. The smallest absolute Gasteiger partial charge is 0.414 e. The maximum absolute atomic E-state index is 12.3. The highest BCUT2D eigenvalue weighted by Crippen LogP contribution is 2.25. The number of nitro benzene ring substituents is 1. The van der Waals surface area contributed by atoms with E-state index in [0.29, 0.717) is 37.6 Å². The van der Waals surface area contributed by atoms with Crippen molar-refractivity contribution in [1.29, 1.82) is 0 Å². The van der Waals surface area contributed by atoms with Gasteiger partial charge in [0.05, 0.1) is 24.7 Å². The van der Waals surface area contributed by atoms with E-state index in [4.69, 9.17) is 14.2 Å². The Hall–Kier alpha value is -3.17. The van der Waals surface area contributed by atoms with Gasteiger partial charge in [0.2, 0.25) is 0 Å². The Balaban J connectivity index is 1.32. The van der Waals surface area contributed by atoms with Gasteiger partial charge < -0.3 is 14.2 Å². The van der Waals surface area contributed by atoms with Crippen LogP contribution < -0.4 is 9.64 Å². The van der Waals surface area contributed by atoms with Crippen molar-refractivity contribution >= 4 is 17.5 Å². The largest absolute Gasteiger partial charge is 0.489 e. The van der Waals surface area contributed by atoms with Gasteiger partial charge in [0.15, 0.2) is 0 Å². The van der Waals surface area contributed by atoms with E-state index in [-0.39, 0.29) is 24.5 Å². The monoisotopic (exact) mass is 413 g/mol. The van der Waals surface area contributed by atoms with Crippen LogP contribution in [0, 0.1) is 10.1 Å². The van der Waals surface area contributed by atoms with Crippen LogP contribution in [0.3, 0.4) is 0 Å². The average molecular weight is 413 g/mol. The van der Waals surface area contributed by atoms with E-state index in [0.717, 1.165) is 18.8 Å². The number of benzene rings is 2. The summed E-state index contributed by atoms with van der Waals surface area (Å²) in [7, 11) is 0. The second kappa shape index (κ2) is 9.10. The van der Waals surface area contributed by atoms with Crippen LogP contribution in [0.15, 0.2) is 48.5 Å². The first-order chi connectivity index (χ1) is 14.6. The maximum Gasteiger partial charge on any atom is 0.414 e. The molecule has 4 rings (SSSR count). The first-order valence-corrected chi connectivity index (χ1v) is 9.83. The van der Waals surface area contributed by atoms with Crippen molar-refractivity contribution in [3.05, 3.63) is 64.2 Å². The molecule has 158 valence electrons. The fraction of sp³-hybridized carbons (Fsp3) is 0.381. The Morgan fingerprint density at radius 2 is 1.90 bits per heavy atom. The zero-order chi connectivity index (χ0) is 20.9. The SMILES string of the molecule is O=C1OC(CN2CCOCC2)CN1c1ccc(OCc2cccc([N+](=O)[O-])c2)cc1. The quantitative estimate of drug-likeness (QED) is 0.509. The van der Waals surface area contributed by atoms with Crippen LogP contribution in [0.2, 0.25) is 0 Å². The number of non-ortho nitro benzene ring substituents is 1. The molecule has 2 aromatic rings. The van der Waals surface area contributed by atoms with Crippen molar-refractivity contribution in [2.45, 2.75) is 12.7 Å². The van der Waals surface area contributed by atoms with E-state index in [9.17, 15) is 14.9 Å². The van der Waals surface area contributed by atoms with Crippen molar-refractivity contribution in [1.82, 2.24) is 4.90 Å². The minimum Gasteiger partial charge on any atom is -0.489 e. The molecular formula is C21H23N3O6. The maximum atomic E-state index is 12.3. The molecule has 2 aromatic carbocycles. The summed E-state index contributed by atoms with van der Waals surface area (Å²) in [6, 6.07) is 13.5. The van der Waals surface area contributed by atoms with Gasteiger partial charge in [0.25, 0.3) is 5.69 Å². The number of anilines is 1. The molecule has 0 N–H and O–H groups in total. The number of amides is 1. The molecule has 0 radical (unpaired) electrons. The lowest BCUT2D eigenvalue weighted by Gasteiger charge is -2.28. The topological polar surface area (TPSA) is 94.4 Å². The predicted octanol–water partition coefficient (Wildman–Crippen LogP) is 2.83. The molecule has 2 aliphatic rings. The first-order valence-electron chi connectivity index (χ1n) is 9.83. The molecule has 2 heterocycles. The Labute approximate surface area is 173 Å². The Morgan fingerprint density at radius 3 is 2.63 bits per heavy atom. The van der Waals surface area contributed by atoms with Gasteiger partial charge in [-0.1, -0.05) is 12.1 Å². The molecule has 9 nitrogen and oxygen atoms in total. The number of cyclic esters (lactones) is 1. The third-order valence-corrected chi connectivity index (χ3v) is 5.11. The van der Waals surface area contributed by atoms with E-state index in [2.05, 4.69) is 4.90 Å². The van der Waals surface area contributed by atoms with Crippen LogP contribution in [0.5, 0.6) is 5.75 Å². The van der Waals surface area contributed by atoms with Crippen LogP contribution in [0.1, 0.15) is 5.56 Å². The molecule has 0 aromatic heterocycles. The number of hydrogen-bond acceptors (Lipinski definition) is 7. The fourth-order valence-corrected chi connectivity index (χ4v) is 3.55. The predicted molar refractivity (Wildman–Crippen MR) is 109 cm³/mol. The normalized spacial score (nSPS) is 19.5. The minimum atomic E-state index is -0.431. The molecular weight excluding hydrogens is 390 g/mol. The lowest BCUT2D eigenvalue weighted by molar-refractivity contribution is -0.384. The number of nitro groups is 1. The molecule has 2 aliphatic heterocycles. The van der Waals surface area contributed by atoms with Crippen molar-refractivity contribution in [2.24, 2.45) is 0 Å². The average Bonchev–Trinajstić information content (AvgIpc) is 3.13. The molecule has 0 bridgehead atoms. The van der Waals surface area contributed by atoms with E-state index in [1.54, 1.807) is 41.3 Å². The van der Waals surface area contributed by atoms with Crippen LogP contribution in [-0.4, -0.2) is 61.4 Å². The molecule has 0 spiro atoms. The third-order valence-electron chi connectivity index (χ3n) is 5.11. The van der Waals surface area contributed by atoms with E-state index in [1.165, 1.54) is 12.1 Å². The van der Waals surface area contributed by atoms with Crippen molar-refractivity contribution in [3.8, 4) is 5.75 Å². The number of carbonyl (C=O) groups is 1. The third kappa shape index (κ3) is 4.87. The molecule has 1 amide bonds. The Morgan fingerprint density at radius 1 is 1.13 bits per heavy atom. The molecule has 0 aliphatic carbocycles. The van der Waals surface area contributed by atoms with Crippen molar-refractivity contribution in [2.75, 3.05) is 44.3 Å². The number of ether oxygens (including phenoxy) is 3. The molecule has 30 heavy (non-hydrogen) atoms. The summed E-state index contributed by atoms with van der Waals surface area (Å²) in [6.45, 7) is 4.55. The number of nitrogens with zero attached hydrogens (tertiary/aromatic N) is 3. The highest BCUT2D eigenvalue weighted by molar-refractivity contribution is 5.89. The van der Waals surface area contributed by atoms with Gasteiger partial charge in [-0.2, -0.15) is 0 Å². The molecule has 0 saturated carbocycles. The molecule has 1 unspecified atom stereocenters. The summed E-state index contributed by atoms with van der Waals surface area (Å²) < 4.78 is 16.6. The summed E-state index contributed by atoms with van der Waals surface area (Å²) in [4.78, 5) is 26.6. The van der Waals surface area contributed by atoms with E-state index < -0.39 is 4.92 Å². The molecule has 9 heteroatoms. The standard InChI is InChI=1S/C21H23N3O6/c25-21-23(14-20(30-21)13-22-8-10-28-11-9-22)17-4-6-19(7-5-17)29-15-16-2-1-3-18(12-16)24(26)27/h1-7,12,20H,8-11,13-15H2. The van der Waals surface area contributed by atoms with Crippen molar-refractivity contribution in [3.63, 3.8) is 0 Å². The van der Waals surface area contributed by atoms with Crippen LogP contribution >= 0.6 is 0 Å². The number of rotatable bonds is 7. The summed E-state index contributed by atoms with van der Waals surface area (Å²) in [5.74, 6) is 0.614. The van der Waals surface area contributed by atoms with Gasteiger partial charge in [0, 0.05) is 37.5 Å². The first kappa shape index (κ1) is 20.1. The second-order valence-corrected chi connectivity index (χ2v) is 7.24. The Bertz CT molecular complexity index is 898. The fourth-order valence-electron chi connectivity index (χ4n) is 3.55. The van der Waals surface area contributed by atoms with Crippen LogP contribution in [0.25, 0.3) is 0 Å². The summed E-state index contributed by atoms with van der Waals surface area (Å²) in [5, 5.41) is 10.9. The zero-order valence-electron chi connectivity index (χ0n) is 16.4. The van der Waals surface area contributed by atoms with Gasteiger partial charge in [-0.3, -0.25) is 19.9 Å². The number of morpholine rings is 1. The van der Waals surface area contributed by atoms with Gasteiger partial charge in [0.1, 0.15) is 18.5 Å². The Kier molecular flexibility index (Phi) is 6.10. The molecule has 2 saturated heterocycles. The summed E-state index contributed by atoms with van der Waals surface area (Å²) >= 11 is 0. The zero-order valence-corrected chi connectivity index (χ0v) is 16.4. The van der Waals surface area contributed by atoms with Gasteiger partial charge in [-0.25, -0.2) is 4.79 Å². The van der Waals surface area contributed by atoms with Crippen molar-refractivity contribution < 1.29 is 23.9 Å². The number of hydrogen-bond donors (Lipinski definition) is 0. The van der Waals surface area contributed by atoms with Gasteiger partial charge in [-0.15, -0.1) is 0 Å². The lowest BCUT2D eigenvalue weighted by atomic mass is 10.2. The van der Waals surface area contributed by atoms with Gasteiger partial charge in [-0.05, 0) is 29.8 Å². The van der Waals surface area contributed by atoms with Crippen LogP contribution in [-0.2, 0) is 16.1 Å². The molecule has 1 atom stereocenters. The van der Waals surface area contributed by atoms with E-state index in [1.807, 2.05) is 0 Å².